The van der Waals surface area contributed by atoms with Gasteiger partial charge in [0.15, 0.2) is 23.1 Å². The summed E-state index contributed by atoms with van der Waals surface area (Å²) >= 11 is 0. The van der Waals surface area contributed by atoms with E-state index in [1.807, 2.05) is 0 Å². The third kappa shape index (κ3) is 5.55. The summed E-state index contributed by atoms with van der Waals surface area (Å²) in [7, 11) is 1.43. The number of hydrogen-bond acceptors (Lipinski definition) is 5. The standard InChI is InChI=1S/C17H16F4N2O4/c1-9(8-25-2)26-14-5-10(3-4-13(14)27-17(20)21)16(24)23-15-11(18)6-22-7-12(15)19/h3-7,9,17H,8H2,1-2H3,(H,22,23,24). The maximum atomic E-state index is 13.6. The van der Waals surface area contributed by atoms with Gasteiger partial charge in [-0.15, -0.1) is 0 Å². The van der Waals surface area contributed by atoms with Gasteiger partial charge in [-0.1, -0.05) is 0 Å². The van der Waals surface area contributed by atoms with Crippen molar-refractivity contribution in [2.75, 3.05) is 19.0 Å². The summed E-state index contributed by atoms with van der Waals surface area (Å²) in [6.45, 7) is -1.34. The van der Waals surface area contributed by atoms with Crippen molar-refractivity contribution in [1.29, 1.82) is 0 Å². The number of aromatic nitrogens is 1. The Labute approximate surface area is 152 Å². The molecular formula is C17H16F4N2O4. The minimum absolute atomic E-state index is 0.0909. The molecule has 0 fully saturated rings. The van der Waals surface area contributed by atoms with Gasteiger partial charge in [0.2, 0.25) is 0 Å². The van der Waals surface area contributed by atoms with Crippen LogP contribution in [0.1, 0.15) is 17.3 Å². The lowest BCUT2D eigenvalue weighted by atomic mass is 10.1. The Kier molecular flexibility index (Phi) is 6.94. The maximum Gasteiger partial charge on any atom is 0.387 e. The van der Waals surface area contributed by atoms with E-state index in [4.69, 9.17) is 9.47 Å². The second kappa shape index (κ2) is 9.17. The molecule has 10 heteroatoms. The van der Waals surface area contributed by atoms with Crippen LogP contribution in [0.4, 0.5) is 23.2 Å². The van der Waals surface area contributed by atoms with Crippen LogP contribution < -0.4 is 14.8 Å². The Hall–Kier alpha value is -2.88. The van der Waals surface area contributed by atoms with Crippen molar-refractivity contribution in [3.05, 3.63) is 47.8 Å². The summed E-state index contributed by atoms with van der Waals surface area (Å²) < 4.78 is 67.0. The highest BCUT2D eigenvalue weighted by atomic mass is 19.3. The van der Waals surface area contributed by atoms with Crippen LogP contribution >= 0.6 is 0 Å². The van der Waals surface area contributed by atoms with Crippen molar-refractivity contribution in [2.24, 2.45) is 0 Å². The van der Waals surface area contributed by atoms with Gasteiger partial charge in [0.25, 0.3) is 5.91 Å². The van der Waals surface area contributed by atoms with Gasteiger partial charge >= 0.3 is 6.61 Å². The second-order valence-electron chi connectivity index (χ2n) is 5.36. The molecule has 0 aliphatic carbocycles. The minimum Gasteiger partial charge on any atom is -0.484 e. The first-order valence-electron chi connectivity index (χ1n) is 7.66. The van der Waals surface area contributed by atoms with Crippen LogP contribution in [-0.2, 0) is 4.74 Å². The van der Waals surface area contributed by atoms with Gasteiger partial charge in [-0.25, -0.2) is 8.78 Å². The van der Waals surface area contributed by atoms with Crippen molar-refractivity contribution in [2.45, 2.75) is 19.6 Å². The number of hydrogen-bond donors (Lipinski definition) is 1. The van der Waals surface area contributed by atoms with E-state index in [0.29, 0.717) is 0 Å². The molecular weight excluding hydrogens is 372 g/mol. The number of carbonyl (C=O) groups excluding carboxylic acids is 1. The third-order valence-corrected chi connectivity index (χ3v) is 3.24. The molecule has 1 unspecified atom stereocenters. The van der Waals surface area contributed by atoms with Crippen molar-refractivity contribution < 1.29 is 36.6 Å². The first-order valence-corrected chi connectivity index (χ1v) is 7.66. The van der Waals surface area contributed by atoms with Crippen molar-refractivity contribution >= 4 is 11.6 Å². The van der Waals surface area contributed by atoms with E-state index in [0.717, 1.165) is 30.6 Å². The van der Waals surface area contributed by atoms with Crippen molar-refractivity contribution in [3.63, 3.8) is 0 Å². The lowest BCUT2D eigenvalue weighted by molar-refractivity contribution is -0.0524. The largest absolute Gasteiger partial charge is 0.484 e. The van der Waals surface area contributed by atoms with E-state index in [1.54, 1.807) is 6.92 Å². The molecule has 2 aromatic rings. The van der Waals surface area contributed by atoms with Gasteiger partial charge in [0, 0.05) is 12.7 Å². The van der Waals surface area contributed by atoms with E-state index >= 15 is 0 Å². The summed E-state index contributed by atoms with van der Waals surface area (Å²) in [5.74, 6) is -3.46. The number of halogens is 4. The Morgan fingerprint density at radius 1 is 1.15 bits per heavy atom. The van der Waals surface area contributed by atoms with Gasteiger partial charge in [0.1, 0.15) is 11.8 Å². The van der Waals surface area contributed by atoms with Crippen LogP contribution in [0.15, 0.2) is 30.6 Å². The lowest BCUT2D eigenvalue weighted by Crippen LogP contribution is -2.20. The van der Waals surface area contributed by atoms with Crippen LogP contribution in [0.5, 0.6) is 11.5 Å². The number of amides is 1. The molecule has 146 valence electrons. The maximum absolute atomic E-state index is 13.6. The predicted octanol–water partition coefficient (Wildman–Crippen LogP) is 3.63. The van der Waals surface area contributed by atoms with Crippen LogP contribution in [0.3, 0.4) is 0 Å². The highest BCUT2D eigenvalue weighted by molar-refractivity contribution is 6.04. The first-order chi connectivity index (χ1) is 12.8. The average molecular weight is 388 g/mol. The number of benzene rings is 1. The van der Waals surface area contributed by atoms with E-state index in [1.165, 1.54) is 7.11 Å². The SMILES string of the molecule is COCC(C)Oc1cc(C(=O)Nc2c(F)cncc2F)ccc1OC(F)F. The second-order valence-corrected chi connectivity index (χ2v) is 5.36. The number of alkyl halides is 2. The fraction of sp³-hybridized carbons (Fsp3) is 0.294. The molecule has 1 N–H and O–H groups in total. The zero-order valence-electron chi connectivity index (χ0n) is 14.3. The predicted molar refractivity (Wildman–Crippen MR) is 87.1 cm³/mol. The molecule has 0 aliphatic heterocycles. The summed E-state index contributed by atoms with van der Waals surface area (Å²) in [4.78, 5) is 15.6. The summed E-state index contributed by atoms with van der Waals surface area (Å²) in [5, 5.41) is 2.06. The molecule has 0 saturated heterocycles. The van der Waals surface area contributed by atoms with E-state index in [-0.39, 0.29) is 23.7 Å². The number of pyridine rings is 1. The lowest BCUT2D eigenvalue weighted by Gasteiger charge is -2.18. The van der Waals surface area contributed by atoms with Crippen LogP contribution in [0, 0.1) is 11.6 Å². The Balaban J connectivity index is 2.29. The number of ether oxygens (including phenoxy) is 3. The van der Waals surface area contributed by atoms with Crippen LogP contribution in [-0.4, -0.2) is 37.3 Å². The molecule has 0 spiro atoms. The number of nitrogens with one attached hydrogen (secondary N) is 1. The highest BCUT2D eigenvalue weighted by Crippen LogP contribution is 2.31. The summed E-state index contributed by atoms with van der Waals surface area (Å²) in [5.41, 5.74) is -0.773. The topological polar surface area (TPSA) is 69.7 Å². The van der Waals surface area contributed by atoms with Gasteiger partial charge < -0.3 is 19.5 Å². The van der Waals surface area contributed by atoms with Gasteiger partial charge in [-0.3, -0.25) is 9.78 Å². The van der Waals surface area contributed by atoms with E-state index in [2.05, 4.69) is 15.0 Å². The monoisotopic (exact) mass is 388 g/mol. The first kappa shape index (κ1) is 20.4. The molecule has 2 rings (SSSR count). The molecule has 1 aromatic heterocycles. The zero-order valence-corrected chi connectivity index (χ0v) is 14.3. The van der Waals surface area contributed by atoms with Crippen molar-refractivity contribution in [3.8, 4) is 11.5 Å². The fourth-order valence-corrected chi connectivity index (χ4v) is 2.14. The Morgan fingerprint density at radius 3 is 2.41 bits per heavy atom. The Bertz CT molecular complexity index is 784. The molecule has 0 radical (unpaired) electrons. The third-order valence-electron chi connectivity index (χ3n) is 3.24. The van der Waals surface area contributed by atoms with Crippen molar-refractivity contribution in [1.82, 2.24) is 4.98 Å². The molecule has 0 saturated carbocycles. The normalized spacial score (nSPS) is 12.0. The van der Waals surface area contributed by atoms with Crippen LogP contribution in [0.25, 0.3) is 0 Å². The number of anilines is 1. The number of nitrogens with zero attached hydrogens (tertiary/aromatic N) is 1. The molecule has 27 heavy (non-hydrogen) atoms. The van der Waals surface area contributed by atoms with Gasteiger partial charge in [-0.2, -0.15) is 8.78 Å². The minimum atomic E-state index is -3.11. The van der Waals surface area contributed by atoms with Gasteiger partial charge in [0.05, 0.1) is 19.0 Å². The van der Waals surface area contributed by atoms with E-state index in [9.17, 15) is 22.4 Å². The molecule has 1 heterocycles. The van der Waals surface area contributed by atoms with E-state index < -0.39 is 35.9 Å². The Morgan fingerprint density at radius 2 is 1.81 bits per heavy atom. The zero-order chi connectivity index (χ0) is 20.0. The quantitative estimate of drug-likeness (QED) is 0.700. The molecule has 1 atom stereocenters. The molecule has 0 bridgehead atoms. The van der Waals surface area contributed by atoms with Crippen LogP contribution in [0.2, 0.25) is 0 Å². The number of carbonyl (C=O) groups is 1. The smallest absolute Gasteiger partial charge is 0.387 e. The number of rotatable bonds is 8. The summed E-state index contributed by atoms with van der Waals surface area (Å²) in [6, 6.07) is 3.36. The molecule has 0 aliphatic rings. The number of methoxy groups -OCH3 is 1. The fourth-order valence-electron chi connectivity index (χ4n) is 2.14. The molecule has 1 aromatic carbocycles. The molecule has 1 amide bonds. The van der Waals surface area contributed by atoms with Gasteiger partial charge in [-0.05, 0) is 25.1 Å². The molecule has 6 nitrogen and oxygen atoms in total. The average Bonchev–Trinajstić information content (AvgIpc) is 2.59. The summed E-state index contributed by atoms with van der Waals surface area (Å²) in [6.07, 6.45) is 0.932. The highest BCUT2D eigenvalue weighted by Gasteiger charge is 2.19.